The molecule has 1 aliphatic rings. The van der Waals surface area contributed by atoms with Gasteiger partial charge in [-0.2, -0.15) is 0 Å². The normalized spacial score (nSPS) is 16.4. The summed E-state index contributed by atoms with van der Waals surface area (Å²) in [6.07, 6.45) is 3.27. The highest BCUT2D eigenvalue weighted by Crippen LogP contribution is 2.31. The van der Waals surface area contributed by atoms with Gasteiger partial charge in [-0.15, -0.1) is 0 Å². The maximum atomic E-state index is 11.9. The first-order valence-corrected chi connectivity index (χ1v) is 6.13. The van der Waals surface area contributed by atoms with Crippen LogP contribution in [0.15, 0.2) is 18.2 Å². The van der Waals surface area contributed by atoms with Crippen molar-refractivity contribution in [3.05, 3.63) is 32.4 Å². The lowest BCUT2D eigenvalue weighted by molar-refractivity contribution is 0.0854. The molecule has 14 heavy (non-hydrogen) atoms. The van der Waals surface area contributed by atoms with Crippen molar-refractivity contribution < 1.29 is 4.79 Å². The molecule has 0 aliphatic heterocycles. The molecular weight excluding hydrogens is 310 g/mol. The van der Waals surface area contributed by atoms with E-state index < -0.39 is 0 Å². The Hall–Kier alpha value is -0.0900. The summed E-state index contributed by atoms with van der Waals surface area (Å²) in [4.78, 5) is 11.9. The molecular formula is C11H10ClIO. The second-order valence-corrected chi connectivity index (χ2v) is 5.21. The molecule has 2 rings (SSSR count). The molecule has 1 aromatic carbocycles. The first-order valence-electron chi connectivity index (χ1n) is 4.68. The van der Waals surface area contributed by atoms with E-state index >= 15 is 0 Å². The van der Waals surface area contributed by atoms with Crippen molar-refractivity contribution in [2.45, 2.75) is 19.3 Å². The third kappa shape index (κ3) is 1.96. The van der Waals surface area contributed by atoms with E-state index in [-0.39, 0.29) is 11.7 Å². The van der Waals surface area contributed by atoms with Crippen molar-refractivity contribution in [3.8, 4) is 0 Å². The maximum Gasteiger partial charge on any atom is 0.167 e. The second kappa shape index (κ2) is 4.19. The van der Waals surface area contributed by atoms with Gasteiger partial charge in [-0.05, 0) is 53.6 Å². The zero-order valence-electron chi connectivity index (χ0n) is 7.59. The summed E-state index contributed by atoms with van der Waals surface area (Å²) in [5.74, 6) is 0.519. The molecule has 0 aromatic heterocycles. The lowest BCUT2D eigenvalue weighted by Crippen LogP contribution is -2.22. The standard InChI is InChI=1S/C11H10ClIO/c12-8-4-5-10(13)9(6-8)11(14)7-2-1-3-7/h4-7H,1-3H2. The Bertz CT molecular complexity index is 372. The second-order valence-electron chi connectivity index (χ2n) is 3.62. The highest BCUT2D eigenvalue weighted by atomic mass is 127. The van der Waals surface area contributed by atoms with Gasteiger partial charge < -0.3 is 0 Å². The minimum absolute atomic E-state index is 0.252. The molecule has 0 atom stereocenters. The van der Waals surface area contributed by atoms with Crippen LogP contribution in [-0.2, 0) is 0 Å². The number of rotatable bonds is 2. The van der Waals surface area contributed by atoms with E-state index in [9.17, 15) is 4.79 Å². The van der Waals surface area contributed by atoms with Gasteiger partial charge in [0.25, 0.3) is 0 Å². The fraction of sp³-hybridized carbons (Fsp3) is 0.364. The van der Waals surface area contributed by atoms with Crippen LogP contribution in [-0.4, -0.2) is 5.78 Å². The smallest absolute Gasteiger partial charge is 0.167 e. The Morgan fingerprint density at radius 2 is 2.14 bits per heavy atom. The van der Waals surface area contributed by atoms with E-state index in [0.717, 1.165) is 22.0 Å². The molecule has 1 fully saturated rings. The third-order valence-electron chi connectivity index (χ3n) is 2.67. The molecule has 0 spiro atoms. The summed E-state index contributed by atoms with van der Waals surface area (Å²) in [6.45, 7) is 0. The Balaban J connectivity index is 2.29. The van der Waals surface area contributed by atoms with Gasteiger partial charge in [0.05, 0.1) is 0 Å². The number of Topliss-reactive ketones (excluding diaryl/α,β-unsaturated/α-hetero) is 1. The fourth-order valence-electron chi connectivity index (χ4n) is 1.58. The van der Waals surface area contributed by atoms with Gasteiger partial charge in [0.1, 0.15) is 0 Å². The van der Waals surface area contributed by atoms with E-state index in [1.165, 1.54) is 6.42 Å². The van der Waals surface area contributed by atoms with Crippen LogP contribution in [0.25, 0.3) is 0 Å². The minimum atomic E-state index is 0.252. The average molecular weight is 321 g/mol. The highest BCUT2D eigenvalue weighted by Gasteiger charge is 2.27. The molecule has 1 nitrogen and oxygen atoms in total. The number of carbonyl (C=O) groups excluding carboxylic acids is 1. The molecule has 1 aliphatic carbocycles. The number of hydrogen-bond donors (Lipinski definition) is 0. The van der Waals surface area contributed by atoms with Gasteiger partial charge >= 0.3 is 0 Å². The van der Waals surface area contributed by atoms with E-state index in [2.05, 4.69) is 22.6 Å². The van der Waals surface area contributed by atoms with Gasteiger partial charge in [-0.25, -0.2) is 0 Å². The minimum Gasteiger partial charge on any atom is -0.294 e. The predicted molar refractivity (Wildman–Crippen MR) is 65.8 cm³/mol. The van der Waals surface area contributed by atoms with Crippen molar-refractivity contribution in [2.75, 3.05) is 0 Å². The number of ketones is 1. The Kier molecular flexibility index (Phi) is 3.12. The van der Waals surface area contributed by atoms with Crippen LogP contribution in [0, 0.1) is 9.49 Å². The van der Waals surface area contributed by atoms with Crippen LogP contribution in [0.3, 0.4) is 0 Å². The summed E-state index contributed by atoms with van der Waals surface area (Å²) < 4.78 is 1.00. The molecule has 1 aromatic rings. The van der Waals surface area contributed by atoms with Crippen molar-refractivity contribution in [3.63, 3.8) is 0 Å². The van der Waals surface area contributed by atoms with Crippen molar-refractivity contribution in [1.29, 1.82) is 0 Å². The quantitative estimate of drug-likeness (QED) is 0.596. The lowest BCUT2D eigenvalue weighted by Gasteiger charge is -2.24. The number of halogens is 2. The van der Waals surface area contributed by atoms with E-state index in [0.29, 0.717) is 5.02 Å². The molecule has 0 unspecified atom stereocenters. The van der Waals surface area contributed by atoms with E-state index in [1.807, 2.05) is 12.1 Å². The number of benzene rings is 1. The average Bonchev–Trinajstić information content (AvgIpc) is 2.06. The van der Waals surface area contributed by atoms with E-state index in [4.69, 9.17) is 11.6 Å². The van der Waals surface area contributed by atoms with Gasteiger partial charge in [0.15, 0.2) is 5.78 Å². The van der Waals surface area contributed by atoms with E-state index in [1.54, 1.807) is 6.07 Å². The van der Waals surface area contributed by atoms with Crippen molar-refractivity contribution in [1.82, 2.24) is 0 Å². The summed E-state index contributed by atoms with van der Waals surface area (Å²) in [5.41, 5.74) is 0.794. The third-order valence-corrected chi connectivity index (χ3v) is 3.85. The summed E-state index contributed by atoms with van der Waals surface area (Å²) in [5, 5.41) is 0.646. The molecule has 0 amide bonds. The van der Waals surface area contributed by atoms with Crippen LogP contribution in [0.4, 0.5) is 0 Å². The first kappa shape index (κ1) is 10.4. The van der Waals surface area contributed by atoms with Gasteiger partial charge in [0, 0.05) is 20.1 Å². The summed E-state index contributed by atoms with van der Waals surface area (Å²) >= 11 is 8.06. The largest absolute Gasteiger partial charge is 0.294 e. The first-order chi connectivity index (χ1) is 6.68. The number of carbonyl (C=O) groups is 1. The van der Waals surface area contributed by atoms with Gasteiger partial charge in [-0.3, -0.25) is 4.79 Å². The molecule has 1 saturated carbocycles. The predicted octanol–water partition coefficient (Wildman–Crippen LogP) is 3.93. The van der Waals surface area contributed by atoms with Crippen LogP contribution in [0.5, 0.6) is 0 Å². The molecule has 0 radical (unpaired) electrons. The maximum absolute atomic E-state index is 11.9. The van der Waals surface area contributed by atoms with Gasteiger partial charge in [0.2, 0.25) is 0 Å². The monoisotopic (exact) mass is 320 g/mol. The molecule has 3 heteroatoms. The van der Waals surface area contributed by atoms with Crippen LogP contribution in [0.2, 0.25) is 5.02 Å². The summed E-state index contributed by atoms with van der Waals surface area (Å²) in [7, 11) is 0. The zero-order chi connectivity index (χ0) is 10.1. The molecule has 0 saturated heterocycles. The lowest BCUT2D eigenvalue weighted by atomic mass is 9.80. The molecule has 0 bridgehead atoms. The van der Waals surface area contributed by atoms with Crippen LogP contribution >= 0.6 is 34.2 Å². The Morgan fingerprint density at radius 3 is 2.71 bits per heavy atom. The number of hydrogen-bond acceptors (Lipinski definition) is 1. The highest BCUT2D eigenvalue weighted by molar-refractivity contribution is 14.1. The van der Waals surface area contributed by atoms with Crippen LogP contribution in [0.1, 0.15) is 29.6 Å². The molecule has 0 heterocycles. The molecule has 74 valence electrons. The zero-order valence-corrected chi connectivity index (χ0v) is 10.5. The van der Waals surface area contributed by atoms with Crippen molar-refractivity contribution in [2.24, 2.45) is 5.92 Å². The Morgan fingerprint density at radius 1 is 1.43 bits per heavy atom. The topological polar surface area (TPSA) is 17.1 Å². The van der Waals surface area contributed by atoms with Crippen LogP contribution < -0.4 is 0 Å². The SMILES string of the molecule is O=C(c1cc(Cl)ccc1I)C1CCC1. The summed E-state index contributed by atoms with van der Waals surface area (Å²) in [6, 6.07) is 5.50. The fourth-order valence-corrected chi connectivity index (χ4v) is 2.35. The molecule has 0 N–H and O–H groups in total. The van der Waals surface area contributed by atoms with Gasteiger partial charge in [-0.1, -0.05) is 18.0 Å². The Labute approximate surface area is 102 Å². The van der Waals surface area contributed by atoms with Crippen molar-refractivity contribution >= 4 is 40.0 Å².